The molecule has 0 amide bonds. The normalized spacial score (nSPS) is 13.6. The minimum absolute atomic E-state index is 0.0721. The number of primary sulfonamides is 1. The molecule has 0 saturated heterocycles. The zero-order valence-electron chi connectivity index (χ0n) is 19.4. The standard InChI is InChI=1S/C19H16F3NO3S.C6H7NO2S/c1-26-18-11-10-13(12-16(18)19(20,21)22)15-8-5-9-17(15)23-27(24,25)14-6-3-2-4-7-14;7-10(8,9)6-4-2-1-3-5-6/h2-4,6-12,23H,5H2,1H3;1-5H,(H2,7,8,9). The van der Waals surface area contributed by atoms with E-state index in [4.69, 9.17) is 9.88 Å². The summed E-state index contributed by atoms with van der Waals surface area (Å²) in [5.74, 6) is -0.291. The zero-order valence-corrected chi connectivity index (χ0v) is 21.1. The fourth-order valence-electron chi connectivity index (χ4n) is 3.40. The van der Waals surface area contributed by atoms with Crippen molar-refractivity contribution in [2.45, 2.75) is 22.4 Å². The lowest BCUT2D eigenvalue weighted by atomic mass is 10.0. The Labute approximate surface area is 213 Å². The zero-order chi connectivity index (χ0) is 27.3. The van der Waals surface area contributed by atoms with Crippen molar-refractivity contribution in [3.63, 3.8) is 0 Å². The van der Waals surface area contributed by atoms with Crippen LogP contribution in [0.3, 0.4) is 0 Å². The second-order valence-corrected chi connectivity index (χ2v) is 10.9. The van der Waals surface area contributed by atoms with Crippen LogP contribution < -0.4 is 14.6 Å². The van der Waals surface area contributed by atoms with E-state index in [1.807, 2.05) is 0 Å². The predicted octanol–water partition coefficient (Wildman–Crippen LogP) is 4.70. The average molecular weight is 553 g/mol. The molecule has 4 rings (SSSR count). The molecule has 1 aliphatic rings. The molecule has 0 heterocycles. The summed E-state index contributed by atoms with van der Waals surface area (Å²) in [4.78, 5) is 0.220. The van der Waals surface area contributed by atoms with Crippen LogP contribution in [0.2, 0.25) is 0 Å². The maximum Gasteiger partial charge on any atom is 0.419 e. The van der Waals surface area contributed by atoms with Crippen LogP contribution >= 0.6 is 0 Å². The highest BCUT2D eigenvalue weighted by molar-refractivity contribution is 7.89. The van der Waals surface area contributed by atoms with Crippen LogP contribution in [0.25, 0.3) is 5.57 Å². The lowest BCUT2D eigenvalue weighted by molar-refractivity contribution is -0.138. The number of rotatable bonds is 6. The van der Waals surface area contributed by atoms with Gasteiger partial charge in [0, 0.05) is 5.57 Å². The van der Waals surface area contributed by atoms with E-state index in [1.165, 1.54) is 43.5 Å². The van der Waals surface area contributed by atoms with Gasteiger partial charge in [0.15, 0.2) is 0 Å². The summed E-state index contributed by atoms with van der Waals surface area (Å²) in [6.45, 7) is 0. The first-order valence-corrected chi connectivity index (χ1v) is 13.7. The molecule has 0 atom stereocenters. The highest BCUT2D eigenvalue weighted by atomic mass is 32.2. The molecule has 0 unspecified atom stereocenters. The van der Waals surface area contributed by atoms with Gasteiger partial charge in [-0.2, -0.15) is 13.2 Å². The van der Waals surface area contributed by atoms with E-state index >= 15 is 0 Å². The Hall–Kier alpha value is -3.61. The number of hydrogen-bond donors (Lipinski definition) is 2. The molecule has 3 N–H and O–H groups in total. The number of allylic oxidation sites excluding steroid dienone is 3. The Kier molecular flexibility index (Phi) is 8.46. The van der Waals surface area contributed by atoms with Gasteiger partial charge in [-0.15, -0.1) is 0 Å². The van der Waals surface area contributed by atoms with Crippen LogP contribution in [-0.2, 0) is 26.2 Å². The summed E-state index contributed by atoms with van der Waals surface area (Å²) < 4.78 is 93.3. The Balaban J connectivity index is 0.000000319. The summed E-state index contributed by atoms with van der Waals surface area (Å²) in [6.07, 6.45) is -0.887. The van der Waals surface area contributed by atoms with Crippen LogP contribution in [0.1, 0.15) is 17.5 Å². The minimum Gasteiger partial charge on any atom is -0.496 e. The van der Waals surface area contributed by atoms with Crippen molar-refractivity contribution >= 4 is 25.6 Å². The summed E-state index contributed by atoms with van der Waals surface area (Å²) in [7, 11) is -6.18. The van der Waals surface area contributed by atoms with Gasteiger partial charge in [0.05, 0.1) is 28.2 Å². The maximum atomic E-state index is 13.3. The molecule has 0 aromatic heterocycles. The topological polar surface area (TPSA) is 116 Å². The molecule has 0 radical (unpaired) electrons. The molecule has 3 aromatic rings. The third kappa shape index (κ3) is 7.21. The average Bonchev–Trinajstić information content (AvgIpc) is 3.31. The molecule has 1 aliphatic carbocycles. The SMILES string of the molecule is COc1ccc(C2=CCC=C2NS(=O)(=O)c2ccccc2)cc1C(F)(F)F.NS(=O)(=O)c1ccccc1. The van der Waals surface area contributed by atoms with Crippen molar-refractivity contribution in [1.29, 1.82) is 0 Å². The lowest BCUT2D eigenvalue weighted by Crippen LogP contribution is -2.23. The predicted molar refractivity (Wildman–Crippen MR) is 133 cm³/mol. The number of benzene rings is 3. The highest BCUT2D eigenvalue weighted by Gasteiger charge is 2.35. The number of halogens is 3. The van der Waals surface area contributed by atoms with Crippen molar-refractivity contribution in [3.05, 3.63) is 108 Å². The summed E-state index contributed by atoms with van der Waals surface area (Å²) in [5.41, 5.74) is -0.0250. The molecule has 0 aliphatic heterocycles. The summed E-state index contributed by atoms with van der Waals surface area (Å²) in [5, 5.41) is 4.83. The molecular weight excluding hydrogens is 529 g/mol. The number of nitrogens with one attached hydrogen (secondary N) is 1. The van der Waals surface area contributed by atoms with E-state index in [1.54, 1.807) is 48.6 Å². The fourth-order valence-corrected chi connectivity index (χ4v) is 5.05. The van der Waals surface area contributed by atoms with E-state index in [-0.39, 0.29) is 26.8 Å². The first-order valence-electron chi connectivity index (χ1n) is 10.6. The number of alkyl halides is 3. The molecular formula is C25H23F3N2O5S2. The quantitative estimate of drug-likeness (QED) is 0.460. The molecule has 12 heteroatoms. The van der Waals surface area contributed by atoms with Gasteiger partial charge in [-0.25, -0.2) is 22.0 Å². The molecule has 0 bridgehead atoms. The molecule has 37 heavy (non-hydrogen) atoms. The number of sulfonamides is 2. The number of methoxy groups -OCH3 is 1. The highest BCUT2D eigenvalue weighted by Crippen LogP contribution is 2.39. The lowest BCUT2D eigenvalue weighted by Gasteiger charge is -2.16. The molecule has 0 saturated carbocycles. The van der Waals surface area contributed by atoms with Crippen LogP contribution in [0, 0.1) is 0 Å². The van der Waals surface area contributed by atoms with E-state index in [9.17, 15) is 30.0 Å². The van der Waals surface area contributed by atoms with Gasteiger partial charge >= 0.3 is 6.18 Å². The molecule has 7 nitrogen and oxygen atoms in total. The van der Waals surface area contributed by atoms with Crippen LogP contribution in [0.4, 0.5) is 13.2 Å². The first-order chi connectivity index (χ1) is 17.3. The van der Waals surface area contributed by atoms with Crippen molar-refractivity contribution in [3.8, 4) is 5.75 Å². The van der Waals surface area contributed by atoms with E-state index in [2.05, 4.69) is 4.72 Å². The summed E-state index contributed by atoms with van der Waals surface area (Å²) >= 11 is 0. The van der Waals surface area contributed by atoms with Crippen molar-refractivity contribution in [2.24, 2.45) is 5.14 Å². The third-order valence-corrected chi connectivity index (χ3v) is 7.43. The molecule has 0 fully saturated rings. The van der Waals surface area contributed by atoms with E-state index < -0.39 is 31.8 Å². The van der Waals surface area contributed by atoms with Crippen LogP contribution in [0.5, 0.6) is 5.75 Å². The Morgan fingerprint density at radius 3 is 1.89 bits per heavy atom. The van der Waals surface area contributed by atoms with Crippen molar-refractivity contribution < 1.29 is 34.7 Å². The number of ether oxygens (including phenoxy) is 1. The van der Waals surface area contributed by atoms with Gasteiger partial charge in [0.2, 0.25) is 10.0 Å². The van der Waals surface area contributed by atoms with E-state index in [0.717, 1.165) is 6.07 Å². The van der Waals surface area contributed by atoms with Gasteiger partial charge in [-0.05, 0) is 48.4 Å². The minimum atomic E-state index is -4.59. The van der Waals surface area contributed by atoms with E-state index in [0.29, 0.717) is 12.0 Å². The van der Waals surface area contributed by atoms with Gasteiger partial charge in [-0.1, -0.05) is 54.6 Å². The third-order valence-electron chi connectivity index (χ3n) is 5.12. The van der Waals surface area contributed by atoms with Crippen LogP contribution in [0.15, 0.2) is 107 Å². The first kappa shape index (κ1) is 28.0. The van der Waals surface area contributed by atoms with Gasteiger partial charge in [-0.3, -0.25) is 4.72 Å². The smallest absolute Gasteiger partial charge is 0.419 e. The molecule has 196 valence electrons. The Bertz CT molecular complexity index is 1520. The summed E-state index contributed by atoms with van der Waals surface area (Å²) in [6, 6.07) is 19.3. The van der Waals surface area contributed by atoms with Crippen molar-refractivity contribution in [2.75, 3.05) is 7.11 Å². The van der Waals surface area contributed by atoms with Gasteiger partial charge < -0.3 is 4.74 Å². The number of hydrogen-bond acceptors (Lipinski definition) is 5. The molecule has 0 spiro atoms. The largest absolute Gasteiger partial charge is 0.496 e. The van der Waals surface area contributed by atoms with Crippen LogP contribution in [-0.4, -0.2) is 23.9 Å². The Morgan fingerprint density at radius 2 is 1.41 bits per heavy atom. The Morgan fingerprint density at radius 1 is 0.838 bits per heavy atom. The van der Waals surface area contributed by atoms with Crippen molar-refractivity contribution in [1.82, 2.24) is 4.72 Å². The maximum absolute atomic E-state index is 13.3. The second-order valence-electron chi connectivity index (χ2n) is 7.66. The van der Waals surface area contributed by atoms with Gasteiger partial charge in [0.25, 0.3) is 10.0 Å². The van der Waals surface area contributed by atoms with Gasteiger partial charge in [0.1, 0.15) is 5.75 Å². The molecule has 3 aromatic carbocycles. The second kappa shape index (κ2) is 11.2. The fraction of sp³-hybridized carbons (Fsp3) is 0.120. The monoisotopic (exact) mass is 552 g/mol. The number of nitrogens with two attached hydrogens (primary N) is 1.